The molecular formula is C26H20F3N5. The van der Waals surface area contributed by atoms with Gasteiger partial charge in [-0.15, -0.1) is 0 Å². The van der Waals surface area contributed by atoms with Gasteiger partial charge in [0.15, 0.2) is 11.6 Å². The van der Waals surface area contributed by atoms with Gasteiger partial charge < -0.3 is 5.32 Å². The quantitative estimate of drug-likeness (QED) is 0.336. The lowest BCUT2D eigenvalue weighted by Gasteiger charge is -2.09. The Morgan fingerprint density at radius 1 is 0.853 bits per heavy atom. The minimum absolute atomic E-state index is 0.221. The number of aryl methyl sites for hydroxylation is 1. The SMILES string of the molecule is CCc1ccn2c(-c3ccnc(NCc4ccc(F)c(F)c4)n3)c(-c3ccc(F)cc3)nc2c1. The topological polar surface area (TPSA) is 55.1 Å². The summed E-state index contributed by atoms with van der Waals surface area (Å²) in [5, 5.41) is 3.05. The van der Waals surface area contributed by atoms with Crippen LogP contribution in [-0.4, -0.2) is 19.4 Å². The molecule has 0 spiro atoms. The van der Waals surface area contributed by atoms with Crippen LogP contribution >= 0.6 is 0 Å². The molecule has 5 nitrogen and oxygen atoms in total. The third kappa shape index (κ3) is 4.22. The molecule has 0 saturated carbocycles. The summed E-state index contributed by atoms with van der Waals surface area (Å²) in [6.45, 7) is 2.30. The molecule has 0 aliphatic carbocycles. The molecule has 3 heterocycles. The Morgan fingerprint density at radius 2 is 1.68 bits per heavy atom. The van der Waals surface area contributed by atoms with Gasteiger partial charge in [-0.1, -0.05) is 13.0 Å². The molecule has 0 aliphatic heterocycles. The number of anilines is 1. The lowest BCUT2D eigenvalue weighted by Crippen LogP contribution is -2.05. The van der Waals surface area contributed by atoms with Crippen molar-refractivity contribution in [3.63, 3.8) is 0 Å². The summed E-state index contributed by atoms with van der Waals surface area (Å²) in [5.74, 6) is -1.80. The zero-order valence-corrected chi connectivity index (χ0v) is 18.3. The first-order chi connectivity index (χ1) is 16.5. The molecule has 0 aliphatic rings. The van der Waals surface area contributed by atoms with Gasteiger partial charge in [0.05, 0.1) is 17.1 Å². The van der Waals surface area contributed by atoms with E-state index in [0.29, 0.717) is 22.9 Å². The Kier molecular flexibility index (Phi) is 5.71. The van der Waals surface area contributed by atoms with Crippen molar-refractivity contribution in [3.05, 3.63) is 102 Å². The number of aromatic nitrogens is 4. The normalized spacial score (nSPS) is 11.2. The summed E-state index contributed by atoms with van der Waals surface area (Å²) in [7, 11) is 0. The van der Waals surface area contributed by atoms with E-state index < -0.39 is 11.6 Å². The van der Waals surface area contributed by atoms with Crippen LogP contribution in [0.2, 0.25) is 0 Å². The molecule has 34 heavy (non-hydrogen) atoms. The van der Waals surface area contributed by atoms with Gasteiger partial charge in [0.2, 0.25) is 5.95 Å². The van der Waals surface area contributed by atoms with E-state index in [0.717, 1.165) is 41.0 Å². The van der Waals surface area contributed by atoms with E-state index in [4.69, 9.17) is 4.98 Å². The Bertz CT molecular complexity index is 1480. The van der Waals surface area contributed by atoms with Crippen molar-refractivity contribution in [2.24, 2.45) is 0 Å². The Labute approximate surface area is 194 Å². The highest BCUT2D eigenvalue weighted by atomic mass is 19.2. The number of benzene rings is 2. The maximum Gasteiger partial charge on any atom is 0.223 e. The largest absolute Gasteiger partial charge is 0.350 e. The zero-order chi connectivity index (χ0) is 23.7. The van der Waals surface area contributed by atoms with E-state index in [9.17, 15) is 13.2 Å². The maximum atomic E-state index is 13.6. The van der Waals surface area contributed by atoms with E-state index in [1.54, 1.807) is 24.4 Å². The first kappa shape index (κ1) is 21.6. The number of nitrogens with one attached hydrogen (secondary N) is 1. The van der Waals surface area contributed by atoms with Crippen LogP contribution in [0.3, 0.4) is 0 Å². The van der Waals surface area contributed by atoms with Crippen molar-refractivity contribution in [2.75, 3.05) is 5.32 Å². The van der Waals surface area contributed by atoms with Gasteiger partial charge in [-0.2, -0.15) is 0 Å². The molecule has 3 aromatic heterocycles. The number of halogens is 3. The fourth-order valence-corrected chi connectivity index (χ4v) is 3.77. The Balaban J connectivity index is 1.55. The average molecular weight is 459 g/mol. The summed E-state index contributed by atoms with van der Waals surface area (Å²) in [5.41, 5.74) is 5.23. The fourth-order valence-electron chi connectivity index (χ4n) is 3.77. The van der Waals surface area contributed by atoms with Crippen LogP contribution in [0.4, 0.5) is 19.1 Å². The summed E-state index contributed by atoms with van der Waals surface area (Å²) in [6.07, 6.45) is 4.43. The highest BCUT2D eigenvalue weighted by molar-refractivity contribution is 5.80. The number of hydrogen-bond donors (Lipinski definition) is 1. The van der Waals surface area contributed by atoms with Gasteiger partial charge in [0, 0.05) is 24.5 Å². The summed E-state index contributed by atoms with van der Waals surface area (Å²) >= 11 is 0. The van der Waals surface area contributed by atoms with Crippen molar-refractivity contribution in [3.8, 4) is 22.6 Å². The standard InChI is InChI=1S/C26H20F3N5/c1-2-16-10-12-34-23(14-16)33-24(18-4-6-19(27)7-5-18)25(34)22-9-11-30-26(32-22)31-15-17-3-8-20(28)21(29)13-17/h3-14H,2,15H2,1H3,(H,30,31,32). The molecular weight excluding hydrogens is 439 g/mol. The van der Waals surface area contributed by atoms with Crippen molar-refractivity contribution in [1.82, 2.24) is 19.4 Å². The predicted molar refractivity (Wildman–Crippen MR) is 125 cm³/mol. The van der Waals surface area contributed by atoms with Crippen LogP contribution in [-0.2, 0) is 13.0 Å². The lowest BCUT2D eigenvalue weighted by atomic mass is 10.1. The van der Waals surface area contributed by atoms with E-state index in [1.165, 1.54) is 18.2 Å². The van der Waals surface area contributed by atoms with Gasteiger partial charge in [0.1, 0.15) is 11.5 Å². The van der Waals surface area contributed by atoms with Crippen LogP contribution in [0.1, 0.15) is 18.1 Å². The minimum Gasteiger partial charge on any atom is -0.350 e. The first-order valence-electron chi connectivity index (χ1n) is 10.8. The number of imidazole rings is 1. The molecule has 5 aromatic rings. The zero-order valence-electron chi connectivity index (χ0n) is 18.3. The fraction of sp³-hybridized carbons (Fsp3) is 0.115. The van der Waals surface area contributed by atoms with E-state index >= 15 is 0 Å². The monoisotopic (exact) mass is 459 g/mol. The molecule has 2 aromatic carbocycles. The first-order valence-corrected chi connectivity index (χ1v) is 10.8. The molecule has 0 saturated heterocycles. The second-order valence-corrected chi connectivity index (χ2v) is 7.80. The molecule has 5 rings (SSSR count). The molecule has 0 atom stereocenters. The highest BCUT2D eigenvalue weighted by Gasteiger charge is 2.18. The van der Waals surface area contributed by atoms with Gasteiger partial charge in [0.25, 0.3) is 0 Å². The van der Waals surface area contributed by atoms with Crippen molar-refractivity contribution >= 4 is 11.6 Å². The summed E-state index contributed by atoms with van der Waals surface area (Å²) in [6, 6.07) is 15.7. The maximum absolute atomic E-state index is 13.6. The summed E-state index contributed by atoms with van der Waals surface area (Å²) in [4.78, 5) is 13.7. The molecule has 0 radical (unpaired) electrons. The number of fused-ring (bicyclic) bond motifs is 1. The molecule has 0 amide bonds. The summed E-state index contributed by atoms with van der Waals surface area (Å²) < 4.78 is 42.2. The third-order valence-electron chi connectivity index (χ3n) is 5.55. The van der Waals surface area contributed by atoms with E-state index in [1.807, 2.05) is 22.7 Å². The Morgan fingerprint density at radius 3 is 2.44 bits per heavy atom. The van der Waals surface area contributed by atoms with Crippen molar-refractivity contribution in [1.29, 1.82) is 0 Å². The molecule has 0 fully saturated rings. The lowest BCUT2D eigenvalue weighted by molar-refractivity contribution is 0.507. The minimum atomic E-state index is -0.907. The third-order valence-corrected chi connectivity index (χ3v) is 5.55. The van der Waals surface area contributed by atoms with Gasteiger partial charge >= 0.3 is 0 Å². The number of nitrogens with zero attached hydrogens (tertiary/aromatic N) is 4. The predicted octanol–water partition coefficient (Wildman–Crippen LogP) is 6.05. The molecule has 8 heteroatoms. The second-order valence-electron chi connectivity index (χ2n) is 7.80. The smallest absolute Gasteiger partial charge is 0.223 e. The Hall–Kier alpha value is -4.20. The van der Waals surface area contributed by atoms with Gasteiger partial charge in [-0.05, 0) is 72.1 Å². The van der Waals surface area contributed by atoms with Crippen molar-refractivity contribution < 1.29 is 13.2 Å². The molecule has 0 bridgehead atoms. The van der Waals surface area contributed by atoms with Crippen LogP contribution in [0.5, 0.6) is 0 Å². The van der Waals surface area contributed by atoms with Crippen molar-refractivity contribution in [2.45, 2.75) is 19.9 Å². The average Bonchev–Trinajstić information content (AvgIpc) is 3.24. The number of pyridine rings is 1. The number of rotatable bonds is 6. The second kappa shape index (κ2) is 8.97. The van der Waals surface area contributed by atoms with E-state index in [2.05, 4.69) is 22.2 Å². The van der Waals surface area contributed by atoms with Crippen LogP contribution in [0, 0.1) is 17.5 Å². The molecule has 170 valence electrons. The van der Waals surface area contributed by atoms with E-state index in [-0.39, 0.29) is 12.4 Å². The van der Waals surface area contributed by atoms with Gasteiger partial charge in [-0.3, -0.25) is 4.40 Å². The molecule has 0 unspecified atom stereocenters. The number of hydrogen-bond acceptors (Lipinski definition) is 4. The molecule has 1 N–H and O–H groups in total. The van der Waals surface area contributed by atoms with Crippen LogP contribution in [0.15, 0.2) is 73.1 Å². The van der Waals surface area contributed by atoms with Gasteiger partial charge in [-0.25, -0.2) is 28.1 Å². The highest BCUT2D eigenvalue weighted by Crippen LogP contribution is 2.32. The van der Waals surface area contributed by atoms with Crippen LogP contribution < -0.4 is 5.32 Å². The van der Waals surface area contributed by atoms with Crippen LogP contribution in [0.25, 0.3) is 28.3 Å².